The van der Waals surface area contributed by atoms with Gasteiger partial charge in [0.2, 0.25) is 0 Å². The van der Waals surface area contributed by atoms with Gasteiger partial charge in [0.05, 0.1) is 12.4 Å². The normalized spacial score (nSPS) is 11.0. The molecule has 0 aliphatic carbocycles. The van der Waals surface area contributed by atoms with Crippen molar-refractivity contribution in [3.8, 4) is 11.5 Å². The minimum atomic E-state index is -0.352. The van der Waals surface area contributed by atoms with Crippen molar-refractivity contribution < 1.29 is 19.1 Å². The first-order chi connectivity index (χ1) is 17.3. The Bertz CT molecular complexity index is 1130. The van der Waals surface area contributed by atoms with Crippen molar-refractivity contribution in [2.75, 3.05) is 13.2 Å². The standard InChI is InChI=1S/C28H30N4O4/c1-19-7-5-8-20(2)27(19)35-17-25(33)31-29-15-23-11-13-24(14-12-23)16-30-32-26(34)18-36-28-21(3)9-6-10-22(28)4/h5-16H,17-18H2,1-4H3,(H,31,33)(H,32,34)/b29-15+,30-16+. The molecule has 0 saturated carbocycles. The van der Waals surface area contributed by atoms with Crippen molar-refractivity contribution >= 4 is 24.2 Å². The SMILES string of the molecule is Cc1cccc(C)c1OCC(=O)N/N=C/c1ccc(/C=N/NC(=O)COc2c(C)cccc2C)cc1. The largest absolute Gasteiger partial charge is 0.483 e. The number of hydrogen-bond donors (Lipinski definition) is 2. The maximum atomic E-state index is 12.0. The quantitative estimate of drug-likeness (QED) is 0.334. The molecule has 0 aliphatic heterocycles. The van der Waals surface area contributed by atoms with Gasteiger partial charge in [-0.15, -0.1) is 0 Å². The number of carbonyl (C=O) groups excluding carboxylic acids is 2. The van der Waals surface area contributed by atoms with E-state index in [9.17, 15) is 9.59 Å². The molecule has 8 nitrogen and oxygen atoms in total. The van der Waals surface area contributed by atoms with Crippen molar-refractivity contribution in [1.29, 1.82) is 0 Å². The van der Waals surface area contributed by atoms with E-state index in [1.165, 1.54) is 12.4 Å². The Morgan fingerprint density at radius 2 is 0.972 bits per heavy atom. The zero-order valence-electron chi connectivity index (χ0n) is 20.9. The minimum absolute atomic E-state index is 0.125. The summed E-state index contributed by atoms with van der Waals surface area (Å²) in [7, 11) is 0. The molecule has 2 amide bonds. The summed E-state index contributed by atoms with van der Waals surface area (Å²) in [4.78, 5) is 24.0. The molecule has 0 spiro atoms. The molecule has 0 aliphatic rings. The number of hydrogen-bond acceptors (Lipinski definition) is 6. The molecule has 186 valence electrons. The fourth-order valence-corrected chi connectivity index (χ4v) is 3.42. The molecule has 8 heteroatoms. The van der Waals surface area contributed by atoms with Gasteiger partial charge in [-0.3, -0.25) is 9.59 Å². The number of benzene rings is 3. The number of hydrazone groups is 2. The average molecular weight is 487 g/mol. The zero-order valence-corrected chi connectivity index (χ0v) is 20.9. The number of amides is 2. The Hall–Kier alpha value is -4.46. The third-order valence-corrected chi connectivity index (χ3v) is 5.25. The van der Waals surface area contributed by atoms with Crippen molar-refractivity contribution in [1.82, 2.24) is 10.9 Å². The molecule has 0 atom stereocenters. The van der Waals surface area contributed by atoms with Crippen molar-refractivity contribution in [2.45, 2.75) is 27.7 Å². The smallest absolute Gasteiger partial charge is 0.277 e. The Labute approximate surface area is 211 Å². The number of aryl methyl sites for hydroxylation is 4. The maximum Gasteiger partial charge on any atom is 0.277 e. The predicted molar refractivity (Wildman–Crippen MR) is 141 cm³/mol. The van der Waals surface area contributed by atoms with Gasteiger partial charge in [-0.1, -0.05) is 60.7 Å². The second-order valence-electron chi connectivity index (χ2n) is 8.27. The summed E-state index contributed by atoms with van der Waals surface area (Å²) in [6, 6.07) is 18.9. The first-order valence-corrected chi connectivity index (χ1v) is 11.5. The number of carbonyl (C=O) groups is 2. The highest BCUT2D eigenvalue weighted by molar-refractivity contribution is 5.86. The van der Waals surface area contributed by atoms with E-state index in [0.29, 0.717) is 11.5 Å². The molecule has 36 heavy (non-hydrogen) atoms. The monoisotopic (exact) mass is 486 g/mol. The van der Waals surface area contributed by atoms with E-state index in [4.69, 9.17) is 9.47 Å². The Kier molecular flexibility index (Phi) is 9.33. The van der Waals surface area contributed by atoms with Crippen LogP contribution in [0.3, 0.4) is 0 Å². The minimum Gasteiger partial charge on any atom is -0.483 e. The molecular weight excluding hydrogens is 456 g/mol. The molecule has 3 rings (SSSR count). The van der Waals surface area contributed by atoms with Crippen LogP contribution < -0.4 is 20.3 Å². The third kappa shape index (κ3) is 7.80. The number of rotatable bonds is 10. The van der Waals surface area contributed by atoms with Crippen LogP contribution in [0.2, 0.25) is 0 Å². The van der Waals surface area contributed by atoms with E-state index in [0.717, 1.165) is 33.4 Å². The summed E-state index contributed by atoms with van der Waals surface area (Å²) in [6.45, 7) is 7.48. The lowest BCUT2D eigenvalue weighted by molar-refractivity contribution is -0.123. The fourth-order valence-electron chi connectivity index (χ4n) is 3.42. The Morgan fingerprint density at radius 3 is 1.31 bits per heavy atom. The van der Waals surface area contributed by atoms with Crippen LogP contribution in [0.15, 0.2) is 70.9 Å². The lowest BCUT2D eigenvalue weighted by Crippen LogP contribution is -2.25. The van der Waals surface area contributed by atoms with Crippen LogP contribution in [0.1, 0.15) is 33.4 Å². The molecular formula is C28H30N4O4. The first kappa shape index (κ1) is 26.2. The van der Waals surface area contributed by atoms with Crippen molar-refractivity contribution in [2.24, 2.45) is 10.2 Å². The van der Waals surface area contributed by atoms with Gasteiger partial charge in [-0.25, -0.2) is 10.9 Å². The van der Waals surface area contributed by atoms with E-state index < -0.39 is 0 Å². The topological polar surface area (TPSA) is 101 Å². The summed E-state index contributed by atoms with van der Waals surface area (Å²) in [5.41, 5.74) is 10.4. The number of nitrogens with one attached hydrogen (secondary N) is 2. The van der Waals surface area contributed by atoms with E-state index in [-0.39, 0.29) is 25.0 Å². The van der Waals surface area contributed by atoms with Crippen LogP contribution in [-0.2, 0) is 9.59 Å². The molecule has 0 fully saturated rings. The van der Waals surface area contributed by atoms with Gasteiger partial charge < -0.3 is 9.47 Å². The molecule has 0 aromatic heterocycles. The number of para-hydroxylation sites is 2. The molecule has 3 aromatic rings. The second kappa shape index (κ2) is 12.9. The van der Waals surface area contributed by atoms with Gasteiger partial charge in [0, 0.05) is 0 Å². The fraction of sp³-hybridized carbons (Fsp3) is 0.214. The Morgan fingerprint density at radius 1 is 0.639 bits per heavy atom. The van der Waals surface area contributed by atoms with Gasteiger partial charge >= 0.3 is 0 Å². The van der Waals surface area contributed by atoms with Crippen LogP contribution in [0.5, 0.6) is 11.5 Å². The van der Waals surface area contributed by atoms with Crippen molar-refractivity contribution in [3.05, 3.63) is 94.0 Å². The molecule has 0 unspecified atom stereocenters. The third-order valence-electron chi connectivity index (χ3n) is 5.25. The van der Waals surface area contributed by atoms with E-state index >= 15 is 0 Å². The van der Waals surface area contributed by atoms with E-state index in [1.807, 2.05) is 88.4 Å². The summed E-state index contributed by atoms with van der Waals surface area (Å²) in [5, 5.41) is 7.92. The summed E-state index contributed by atoms with van der Waals surface area (Å²) in [6.07, 6.45) is 3.06. The van der Waals surface area contributed by atoms with Gasteiger partial charge in [0.1, 0.15) is 11.5 Å². The average Bonchev–Trinajstić information content (AvgIpc) is 2.84. The highest BCUT2D eigenvalue weighted by Crippen LogP contribution is 2.22. The van der Waals surface area contributed by atoms with E-state index in [2.05, 4.69) is 21.1 Å². The summed E-state index contributed by atoms with van der Waals surface area (Å²) < 4.78 is 11.2. The first-order valence-electron chi connectivity index (χ1n) is 11.5. The number of nitrogens with zero attached hydrogens (tertiary/aromatic N) is 2. The van der Waals surface area contributed by atoms with Crippen LogP contribution in [0, 0.1) is 27.7 Å². The second-order valence-corrected chi connectivity index (χ2v) is 8.27. The highest BCUT2D eigenvalue weighted by Gasteiger charge is 2.07. The summed E-state index contributed by atoms with van der Waals surface area (Å²) >= 11 is 0. The molecule has 0 saturated heterocycles. The Balaban J connectivity index is 1.40. The number of ether oxygens (including phenoxy) is 2. The van der Waals surface area contributed by atoms with Crippen LogP contribution in [0.4, 0.5) is 0 Å². The lowest BCUT2D eigenvalue weighted by Gasteiger charge is -2.10. The van der Waals surface area contributed by atoms with Crippen LogP contribution in [-0.4, -0.2) is 37.5 Å². The highest BCUT2D eigenvalue weighted by atomic mass is 16.5. The van der Waals surface area contributed by atoms with Gasteiger partial charge in [0.25, 0.3) is 11.8 Å². The molecule has 2 N–H and O–H groups in total. The lowest BCUT2D eigenvalue weighted by atomic mass is 10.1. The van der Waals surface area contributed by atoms with Gasteiger partial charge in [0.15, 0.2) is 13.2 Å². The molecule has 0 heterocycles. The zero-order chi connectivity index (χ0) is 25.9. The molecule has 0 radical (unpaired) electrons. The maximum absolute atomic E-state index is 12.0. The summed E-state index contributed by atoms with van der Waals surface area (Å²) in [5.74, 6) is 0.711. The van der Waals surface area contributed by atoms with Crippen LogP contribution in [0.25, 0.3) is 0 Å². The van der Waals surface area contributed by atoms with E-state index in [1.54, 1.807) is 0 Å². The molecule has 0 bridgehead atoms. The molecule has 3 aromatic carbocycles. The van der Waals surface area contributed by atoms with Crippen molar-refractivity contribution in [3.63, 3.8) is 0 Å². The van der Waals surface area contributed by atoms with Gasteiger partial charge in [-0.2, -0.15) is 10.2 Å². The van der Waals surface area contributed by atoms with Crippen LogP contribution >= 0.6 is 0 Å². The van der Waals surface area contributed by atoms with Gasteiger partial charge in [-0.05, 0) is 61.1 Å². The predicted octanol–water partition coefficient (Wildman–Crippen LogP) is 3.98.